The van der Waals surface area contributed by atoms with Crippen molar-refractivity contribution in [3.8, 4) is 23.0 Å². The second kappa shape index (κ2) is 4.07. The van der Waals surface area contributed by atoms with Crippen molar-refractivity contribution in [1.82, 2.24) is 9.97 Å². The number of aromatic hydroxyl groups is 4. The molecule has 3 aromatic rings. The van der Waals surface area contributed by atoms with E-state index < -0.39 is 27.9 Å². The van der Waals surface area contributed by atoms with Gasteiger partial charge in [-0.1, -0.05) is 0 Å². The molecule has 2 aromatic carbocycles. The zero-order chi connectivity index (χ0) is 15.3. The molecular formula is C12H7N3O6. The number of fused-ring (bicyclic) bond motifs is 2. The molecule has 0 aliphatic heterocycles. The van der Waals surface area contributed by atoms with Crippen LogP contribution in [0.1, 0.15) is 0 Å². The van der Waals surface area contributed by atoms with Crippen molar-refractivity contribution in [3.63, 3.8) is 0 Å². The van der Waals surface area contributed by atoms with Gasteiger partial charge in [0.2, 0.25) is 11.5 Å². The lowest BCUT2D eigenvalue weighted by molar-refractivity contribution is -0.384. The first-order valence-electron chi connectivity index (χ1n) is 5.62. The molecule has 0 saturated carbocycles. The minimum Gasteiger partial charge on any atom is -0.503 e. The number of nitro groups is 1. The predicted octanol–water partition coefficient (Wildman–Crippen LogP) is 1.51. The van der Waals surface area contributed by atoms with E-state index in [0.29, 0.717) is 0 Å². The van der Waals surface area contributed by atoms with E-state index in [0.717, 1.165) is 6.07 Å². The van der Waals surface area contributed by atoms with Crippen LogP contribution in [0.25, 0.3) is 22.1 Å². The lowest BCUT2D eigenvalue weighted by atomic mass is 10.2. The van der Waals surface area contributed by atoms with Gasteiger partial charge in [0.15, 0.2) is 11.5 Å². The average molecular weight is 289 g/mol. The molecule has 0 radical (unpaired) electrons. The third-order valence-corrected chi connectivity index (χ3v) is 2.98. The summed E-state index contributed by atoms with van der Waals surface area (Å²) in [7, 11) is 0. The van der Waals surface area contributed by atoms with E-state index in [2.05, 4.69) is 9.97 Å². The van der Waals surface area contributed by atoms with Crippen molar-refractivity contribution in [2.24, 2.45) is 0 Å². The number of rotatable bonds is 1. The summed E-state index contributed by atoms with van der Waals surface area (Å²) in [5.74, 6) is -3.39. The predicted molar refractivity (Wildman–Crippen MR) is 70.4 cm³/mol. The van der Waals surface area contributed by atoms with Gasteiger partial charge in [-0.3, -0.25) is 10.1 Å². The molecule has 0 saturated heterocycles. The van der Waals surface area contributed by atoms with Gasteiger partial charge in [0.05, 0.1) is 16.0 Å². The van der Waals surface area contributed by atoms with Crippen LogP contribution in [-0.4, -0.2) is 35.3 Å². The topological polar surface area (TPSA) is 150 Å². The van der Waals surface area contributed by atoms with E-state index in [1.54, 1.807) is 0 Å². The molecule has 106 valence electrons. The standard InChI is InChI=1S/C12H7N3O6/c16-9-7-8(10(17)12(19)11(9)18)14-6-3-4(15(20)21)1-2-5(6)13-7/h1-3,16-19H. The Morgan fingerprint density at radius 1 is 0.857 bits per heavy atom. The normalized spacial score (nSPS) is 11.0. The summed E-state index contributed by atoms with van der Waals surface area (Å²) in [6, 6.07) is 3.67. The zero-order valence-corrected chi connectivity index (χ0v) is 10.2. The average Bonchev–Trinajstić information content (AvgIpc) is 2.48. The first-order valence-corrected chi connectivity index (χ1v) is 5.62. The fraction of sp³-hybridized carbons (Fsp3) is 0. The van der Waals surface area contributed by atoms with Crippen LogP contribution in [-0.2, 0) is 0 Å². The van der Waals surface area contributed by atoms with Crippen molar-refractivity contribution in [2.45, 2.75) is 0 Å². The summed E-state index contributed by atoms with van der Waals surface area (Å²) >= 11 is 0. The molecule has 0 amide bonds. The second-order valence-corrected chi connectivity index (χ2v) is 4.25. The molecule has 1 aromatic heterocycles. The Bertz CT molecular complexity index is 924. The Morgan fingerprint density at radius 3 is 1.90 bits per heavy atom. The third kappa shape index (κ3) is 1.71. The van der Waals surface area contributed by atoms with E-state index >= 15 is 0 Å². The van der Waals surface area contributed by atoms with Crippen LogP contribution < -0.4 is 0 Å². The highest BCUT2D eigenvalue weighted by Gasteiger charge is 2.21. The molecule has 0 aliphatic carbocycles. The zero-order valence-electron chi connectivity index (χ0n) is 10.2. The Morgan fingerprint density at radius 2 is 1.38 bits per heavy atom. The highest BCUT2D eigenvalue weighted by atomic mass is 16.6. The molecule has 0 atom stereocenters. The highest BCUT2D eigenvalue weighted by Crippen LogP contribution is 2.47. The number of hydrogen-bond acceptors (Lipinski definition) is 8. The van der Waals surface area contributed by atoms with Crippen LogP contribution in [0.4, 0.5) is 5.69 Å². The first-order chi connectivity index (χ1) is 9.90. The van der Waals surface area contributed by atoms with Gasteiger partial charge in [0.1, 0.15) is 11.0 Å². The van der Waals surface area contributed by atoms with Crippen LogP contribution in [0, 0.1) is 10.1 Å². The van der Waals surface area contributed by atoms with E-state index in [1.165, 1.54) is 12.1 Å². The Balaban J connectivity index is 2.46. The summed E-state index contributed by atoms with van der Waals surface area (Å²) in [6.07, 6.45) is 0. The lowest BCUT2D eigenvalue weighted by Gasteiger charge is -2.08. The maximum atomic E-state index is 10.7. The van der Waals surface area contributed by atoms with Crippen molar-refractivity contribution < 1.29 is 25.3 Å². The van der Waals surface area contributed by atoms with E-state index in [4.69, 9.17) is 0 Å². The molecule has 0 unspecified atom stereocenters. The molecule has 1 heterocycles. The Hall–Kier alpha value is -3.36. The quantitative estimate of drug-likeness (QED) is 0.173. The minimum absolute atomic E-state index is 0.0940. The van der Waals surface area contributed by atoms with Crippen LogP contribution in [0.5, 0.6) is 23.0 Å². The third-order valence-electron chi connectivity index (χ3n) is 2.98. The molecule has 0 bridgehead atoms. The van der Waals surface area contributed by atoms with Crippen molar-refractivity contribution in [3.05, 3.63) is 28.3 Å². The molecule has 0 spiro atoms. The SMILES string of the molecule is O=[N+]([O-])c1ccc2nc3c(O)c(O)c(O)c(O)c3nc2c1. The number of nitrogens with zero attached hydrogens (tertiary/aromatic N) is 3. The summed E-state index contributed by atoms with van der Waals surface area (Å²) in [6.45, 7) is 0. The summed E-state index contributed by atoms with van der Waals surface area (Å²) in [4.78, 5) is 18.0. The van der Waals surface area contributed by atoms with Gasteiger partial charge in [-0.15, -0.1) is 0 Å². The van der Waals surface area contributed by atoms with Crippen molar-refractivity contribution in [1.29, 1.82) is 0 Å². The Kier molecular flexibility index (Phi) is 2.45. The fourth-order valence-electron chi connectivity index (χ4n) is 1.94. The smallest absolute Gasteiger partial charge is 0.271 e. The monoisotopic (exact) mass is 289 g/mol. The number of phenols is 4. The van der Waals surface area contributed by atoms with Crippen molar-refractivity contribution in [2.75, 3.05) is 0 Å². The van der Waals surface area contributed by atoms with Gasteiger partial charge in [0, 0.05) is 12.1 Å². The molecule has 4 N–H and O–H groups in total. The van der Waals surface area contributed by atoms with Crippen LogP contribution >= 0.6 is 0 Å². The summed E-state index contributed by atoms with van der Waals surface area (Å²) in [5.41, 5.74) is -0.424. The minimum atomic E-state index is -0.945. The van der Waals surface area contributed by atoms with Crippen LogP contribution in [0.2, 0.25) is 0 Å². The van der Waals surface area contributed by atoms with E-state index in [-0.39, 0.29) is 27.8 Å². The molecule has 0 aliphatic rings. The number of hydrogen-bond donors (Lipinski definition) is 4. The number of phenolic OH excluding ortho intramolecular Hbond substituents is 4. The van der Waals surface area contributed by atoms with Gasteiger partial charge in [-0.05, 0) is 6.07 Å². The highest BCUT2D eigenvalue weighted by molar-refractivity contribution is 5.97. The lowest BCUT2D eigenvalue weighted by Crippen LogP contribution is -1.92. The number of non-ortho nitro benzene ring substituents is 1. The van der Waals surface area contributed by atoms with Gasteiger partial charge in [0.25, 0.3) is 5.69 Å². The van der Waals surface area contributed by atoms with Gasteiger partial charge < -0.3 is 20.4 Å². The Labute approximate surface area is 115 Å². The molecule has 0 fully saturated rings. The fourth-order valence-corrected chi connectivity index (χ4v) is 1.94. The van der Waals surface area contributed by atoms with Crippen LogP contribution in [0.3, 0.4) is 0 Å². The van der Waals surface area contributed by atoms with Crippen molar-refractivity contribution >= 4 is 27.8 Å². The maximum Gasteiger partial charge on any atom is 0.271 e. The first kappa shape index (κ1) is 12.7. The molecule has 9 nitrogen and oxygen atoms in total. The van der Waals surface area contributed by atoms with E-state index in [9.17, 15) is 30.5 Å². The summed E-state index contributed by atoms with van der Waals surface area (Å²) < 4.78 is 0. The largest absolute Gasteiger partial charge is 0.503 e. The summed E-state index contributed by atoms with van der Waals surface area (Å²) in [5, 5.41) is 49.1. The van der Waals surface area contributed by atoms with Gasteiger partial charge in [-0.25, -0.2) is 9.97 Å². The second-order valence-electron chi connectivity index (χ2n) is 4.25. The molecular weight excluding hydrogens is 282 g/mol. The number of nitro benzene ring substituents is 1. The number of aromatic nitrogens is 2. The molecule has 9 heteroatoms. The molecule has 3 rings (SSSR count). The van der Waals surface area contributed by atoms with Gasteiger partial charge in [-0.2, -0.15) is 0 Å². The van der Waals surface area contributed by atoms with Crippen LogP contribution in [0.15, 0.2) is 18.2 Å². The number of benzene rings is 2. The van der Waals surface area contributed by atoms with Gasteiger partial charge >= 0.3 is 0 Å². The molecule has 21 heavy (non-hydrogen) atoms. The van der Waals surface area contributed by atoms with E-state index in [1.807, 2.05) is 0 Å². The maximum absolute atomic E-state index is 10.7.